The van der Waals surface area contributed by atoms with Gasteiger partial charge in [-0.25, -0.2) is 9.98 Å². The van der Waals surface area contributed by atoms with E-state index in [0.29, 0.717) is 18.3 Å². The van der Waals surface area contributed by atoms with Crippen LogP contribution in [0.4, 0.5) is 0 Å². The Morgan fingerprint density at radius 2 is 1.39 bits per heavy atom. The van der Waals surface area contributed by atoms with Gasteiger partial charge in [0.1, 0.15) is 6.10 Å². The van der Waals surface area contributed by atoms with Gasteiger partial charge in [-0.05, 0) is 29.8 Å². The second kappa shape index (κ2) is 7.16. The van der Waals surface area contributed by atoms with Crippen molar-refractivity contribution in [2.75, 3.05) is 6.54 Å². The zero-order chi connectivity index (χ0) is 18.8. The highest BCUT2D eigenvalue weighted by atomic mass is 16.5. The average molecular weight is 366 g/mol. The van der Waals surface area contributed by atoms with Crippen molar-refractivity contribution in [2.45, 2.75) is 6.10 Å². The minimum absolute atomic E-state index is 0.0175. The molecule has 1 aliphatic rings. The molecule has 5 rings (SSSR count). The lowest BCUT2D eigenvalue weighted by Gasteiger charge is -2.11. The van der Waals surface area contributed by atoms with Gasteiger partial charge >= 0.3 is 0 Å². The summed E-state index contributed by atoms with van der Waals surface area (Å²) in [6.07, 6.45) is 1.74. The standard InChI is InChI=1S/C24H18N2O2/c1-3-7-17(8-4-1)21-15-25-23(27-21)19-11-13-20(14-12-19)24-26-16-22(28-24)18-9-5-2-6-10-18/h1-15,22H,16H2. The molecule has 0 bridgehead atoms. The van der Waals surface area contributed by atoms with E-state index in [4.69, 9.17) is 9.15 Å². The Balaban J connectivity index is 1.32. The monoisotopic (exact) mass is 366 g/mol. The van der Waals surface area contributed by atoms with Gasteiger partial charge < -0.3 is 9.15 Å². The molecule has 0 fully saturated rings. The van der Waals surface area contributed by atoms with E-state index in [0.717, 1.165) is 28.0 Å². The summed E-state index contributed by atoms with van der Waals surface area (Å²) in [6.45, 7) is 0.640. The molecule has 0 radical (unpaired) electrons. The molecule has 3 aromatic carbocycles. The van der Waals surface area contributed by atoms with E-state index in [1.54, 1.807) is 6.20 Å². The molecule has 4 heteroatoms. The quantitative estimate of drug-likeness (QED) is 0.477. The van der Waals surface area contributed by atoms with Crippen molar-refractivity contribution < 1.29 is 9.15 Å². The highest BCUT2D eigenvalue weighted by molar-refractivity contribution is 5.95. The first-order valence-corrected chi connectivity index (χ1v) is 9.25. The molecule has 1 atom stereocenters. The SMILES string of the molecule is c1ccc(-c2cnc(-c3ccc(C4=NCC(c5ccccc5)O4)cc3)o2)cc1. The molecular formula is C24H18N2O2. The summed E-state index contributed by atoms with van der Waals surface area (Å²) >= 11 is 0. The predicted octanol–water partition coefficient (Wildman–Crippen LogP) is 5.53. The summed E-state index contributed by atoms with van der Waals surface area (Å²) in [5.74, 6) is 2.04. The maximum Gasteiger partial charge on any atom is 0.226 e. The fourth-order valence-electron chi connectivity index (χ4n) is 3.27. The number of hydrogen-bond donors (Lipinski definition) is 0. The lowest BCUT2D eigenvalue weighted by molar-refractivity contribution is 0.230. The zero-order valence-corrected chi connectivity index (χ0v) is 15.2. The molecule has 4 aromatic rings. The molecule has 1 aliphatic heterocycles. The van der Waals surface area contributed by atoms with Gasteiger partial charge in [0.25, 0.3) is 0 Å². The van der Waals surface area contributed by atoms with Crippen LogP contribution in [-0.4, -0.2) is 17.4 Å². The Labute approximate surface area is 163 Å². The zero-order valence-electron chi connectivity index (χ0n) is 15.2. The van der Waals surface area contributed by atoms with E-state index in [9.17, 15) is 0 Å². The van der Waals surface area contributed by atoms with Crippen LogP contribution in [0.15, 0.2) is 101 Å². The number of oxazole rings is 1. The number of hydrogen-bond acceptors (Lipinski definition) is 4. The highest BCUT2D eigenvalue weighted by Crippen LogP contribution is 2.28. The maximum atomic E-state index is 6.05. The van der Waals surface area contributed by atoms with Crippen LogP contribution in [0.5, 0.6) is 0 Å². The van der Waals surface area contributed by atoms with Gasteiger partial charge in [-0.1, -0.05) is 60.7 Å². The van der Waals surface area contributed by atoms with Gasteiger partial charge in [-0.3, -0.25) is 0 Å². The molecule has 0 N–H and O–H groups in total. The fourth-order valence-corrected chi connectivity index (χ4v) is 3.27. The van der Waals surface area contributed by atoms with Crippen LogP contribution in [0.2, 0.25) is 0 Å². The van der Waals surface area contributed by atoms with Crippen molar-refractivity contribution in [1.29, 1.82) is 0 Å². The fraction of sp³-hybridized carbons (Fsp3) is 0.0833. The van der Waals surface area contributed by atoms with Crippen LogP contribution in [0.25, 0.3) is 22.8 Å². The van der Waals surface area contributed by atoms with Crippen LogP contribution in [0.3, 0.4) is 0 Å². The van der Waals surface area contributed by atoms with Crippen molar-refractivity contribution in [1.82, 2.24) is 4.98 Å². The highest BCUT2D eigenvalue weighted by Gasteiger charge is 2.22. The van der Waals surface area contributed by atoms with Gasteiger partial charge in [0, 0.05) is 16.7 Å². The lowest BCUT2D eigenvalue weighted by Crippen LogP contribution is -2.06. The summed E-state index contributed by atoms with van der Waals surface area (Å²) in [4.78, 5) is 8.98. The normalized spacial score (nSPS) is 15.9. The summed E-state index contributed by atoms with van der Waals surface area (Å²) in [6, 6.07) is 28.1. The molecule has 2 heterocycles. The Morgan fingerprint density at radius 3 is 2.14 bits per heavy atom. The van der Waals surface area contributed by atoms with E-state index in [1.807, 2.05) is 72.8 Å². The van der Waals surface area contributed by atoms with Gasteiger partial charge in [-0.15, -0.1) is 0 Å². The van der Waals surface area contributed by atoms with Crippen LogP contribution >= 0.6 is 0 Å². The Hall–Kier alpha value is -3.66. The number of nitrogens with zero attached hydrogens (tertiary/aromatic N) is 2. The minimum Gasteiger partial charge on any atom is -0.467 e. The third-order valence-electron chi connectivity index (χ3n) is 4.77. The molecular weight excluding hydrogens is 348 g/mol. The molecule has 0 amide bonds. The Bertz CT molecular complexity index is 1100. The largest absolute Gasteiger partial charge is 0.467 e. The molecule has 0 saturated heterocycles. The lowest BCUT2D eigenvalue weighted by atomic mass is 10.1. The number of rotatable bonds is 4. The molecule has 136 valence electrons. The van der Waals surface area contributed by atoms with Crippen molar-refractivity contribution >= 4 is 5.90 Å². The summed E-state index contributed by atoms with van der Waals surface area (Å²) in [7, 11) is 0. The van der Waals surface area contributed by atoms with Gasteiger partial charge in [0.15, 0.2) is 5.76 Å². The van der Waals surface area contributed by atoms with Crippen molar-refractivity contribution in [2.24, 2.45) is 4.99 Å². The van der Waals surface area contributed by atoms with E-state index >= 15 is 0 Å². The Kier molecular flexibility index (Phi) is 4.22. The molecule has 0 saturated carbocycles. The van der Waals surface area contributed by atoms with E-state index in [2.05, 4.69) is 22.1 Å². The number of benzene rings is 3. The summed E-state index contributed by atoms with van der Waals surface area (Å²) < 4.78 is 12.0. The first-order chi connectivity index (χ1) is 13.9. The van der Waals surface area contributed by atoms with E-state index in [-0.39, 0.29) is 6.10 Å². The van der Waals surface area contributed by atoms with Crippen LogP contribution < -0.4 is 0 Å². The summed E-state index contributed by atoms with van der Waals surface area (Å²) in [5, 5.41) is 0. The van der Waals surface area contributed by atoms with Crippen molar-refractivity contribution in [3.63, 3.8) is 0 Å². The van der Waals surface area contributed by atoms with Crippen molar-refractivity contribution in [3.05, 3.63) is 102 Å². The Morgan fingerprint density at radius 1 is 0.714 bits per heavy atom. The molecule has 28 heavy (non-hydrogen) atoms. The number of ether oxygens (including phenoxy) is 1. The number of aromatic nitrogens is 1. The third kappa shape index (κ3) is 3.21. The maximum absolute atomic E-state index is 6.05. The van der Waals surface area contributed by atoms with Crippen LogP contribution in [0.1, 0.15) is 17.2 Å². The predicted molar refractivity (Wildman–Crippen MR) is 109 cm³/mol. The average Bonchev–Trinajstić information content (AvgIpc) is 3.46. The van der Waals surface area contributed by atoms with Crippen LogP contribution in [0, 0.1) is 0 Å². The first kappa shape index (κ1) is 16.5. The minimum atomic E-state index is -0.0175. The molecule has 1 aromatic heterocycles. The molecule has 1 unspecified atom stereocenters. The molecule has 4 nitrogen and oxygen atoms in total. The summed E-state index contributed by atoms with van der Waals surface area (Å²) in [5.41, 5.74) is 4.03. The van der Waals surface area contributed by atoms with Crippen LogP contribution in [-0.2, 0) is 4.74 Å². The van der Waals surface area contributed by atoms with E-state index in [1.165, 1.54) is 0 Å². The van der Waals surface area contributed by atoms with Gasteiger partial charge in [0.2, 0.25) is 11.8 Å². The second-order valence-electron chi connectivity index (χ2n) is 6.64. The van der Waals surface area contributed by atoms with E-state index < -0.39 is 0 Å². The van der Waals surface area contributed by atoms with Gasteiger partial charge in [-0.2, -0.15) is 0 Å². The molecule has 0 spiro atoms. The van der Waals surface area contributed by atoms with Gasteiger partial charge in [0.05, 0.1) is 12.7 Å². The second-order valence-corrected chi connectivity index (χ2v) is 6.64. The smallest absolute Gasteiger partial charge is 0.226 e. The molecule has 0 aliphatic carbocycles. The number of aliphatic imine (C=N–C) groups is 1. The topological polar surface area (TPSA) is 47.6 Å². The third-order valence-corrected chi connectivity index (χ3v) is 4.77. The van der Waals surface area contributed by atoms with Crippen molar-refractivity contribution in [3.8, 4) is 22.8 Å². The first-order valence-electron chi connectivity index (χ1n) is 9.25.